The lowest BCUT2D eigenvalue weighted by atomic mass is 10.1. The lowest BCUT2D eigenvalue weighted by Gasteiger charge is -2.07. The number of ether oxygens (including phenoxy) is 3. The van der Waals surface area contributed by atoms with Crippen LogP contribution < -0.4 is 14.2 Å². The summed E-state index contributed by atoms with van der Waals surface area (Å²) >= 11 is 0. The van der Waals surface area contributed by atoms with Gasteiger partial charge in [-0.1, -0.05) is 0 Å². The van der Waals surface area contributed by atoms with Crippen molar-refractivity contribution in [2.45, 2.75) is 0 Å². The highest BCUT2D eigenvalue weighted by molar-refractivity contribution is 5.61. The summed E-state index contributed by atoms with van der Waals surface area (Å²) in [5.41, 5.74) is 1.68. The topological polar surface area (TPSA) is 53.5 Å². The van der Waals surface area contributed by atoms with E-state index in [9.17, 15) is 0 Å². The Kier molecular flexibility index (Phi) is 3.62. The fourth-order valence-corrected chi connectivity index (χ4v) is 1.51. The van der Waals surface area contributed by atoms with Gasteiger partial charge >= 0.3 is 6.01 Å². The fraction of sp³-hybridized carbons (Fsp3) is 0.231. The van der Waals surface area contributed by atoms with Crippen molar-refractivity contribution in [1.29, 1.82) is 0 Å². The minimum absolute atomic E-state index is 0.278. The first kappa shape index (κ1) is 12.2. The molecule has 18 heavy (non-hydrogen) atoms. The lowest BCUT2D eigenvalue weighted by Crippen LogP contribution is -1.97. The van der Waals surface area contributed by atoms with Crippen LogP contribution in [-0.2, 0) is 0 Å². The summed E-state index contributed by atoms with van der Waals surface area (Å²) in [5, 5.41) is 0. The molecular weight excluding hydrogens is 232 g/mol. The van der Waals surface area contributed by atoms with Gasteiger partial charge in [0, 0.05) is 11.6 Å². The minimum Gasteiger partial charge on any atom is -0.497 e. The molecule has 1 heterocycles. The van der Waals surface area contributed by atoms with E-state index < -0.39 is 0 Å². The summed E-state index contributed by atoms with van der Waals surface area (Å²) < 4.78 is 15.3. The molecule has 94 valence electrons. The van der Waals surface area contributed by atoms with E-state index in [1.54, 1.807) is 20.3 Å². The number of methoxy groups -OCH3 is 3. The molecule has 1 aromatic carbocycles. The third-order valence-electron chi connectivity index (χ3n) is 2.46. The van der Waals surface area contributed by atoms with Crippen LogP contribution >= 0.6 is 0 Å². The second-order valence-electron chi connectivity index (χ2n) is 3.51. The van der Waals surface area contributed by atoms with Crippen molar-refractivity contribution < 1.29 is 14.2 Å². The third kappa shape index (κ3) is 2.51. The van der Waals surface area contributed by atoms with Crippen molar-refractivity contribution in [3.05, 3.63) is 30.3 Å². The van der Waals surface area contributed by atoms with Crippen LogP contribution in [0.3, 0.4) is 0 Å². The normalized spacial score (nSPS) is 9.94. The summed E-state index contributed by atoms with van der Waals surface area (Å²) in [7, 11) is 4.71. The summed E-state index contributed by atoms with van der Waals surface area (Å²) in [6.07, 6.45) is 0. The van der Waals surface area contributed by atoms with Gasteiger partial charge in [0.1, 0.15) is 5.75 Å². The maximum absolute atomic E-state index is 5.11. The Balaban J connectivity index is 2.41. The molecule has 1 aromatic heterocycles. The molecule has 0 aliphatic heterocycles. The maximum Gasteiger partial charge on any atom is 0.320 e. The lowest BCUT2D eigenvalue weighted by molar-refractivity contribution is 0.353. The van der Waals surface area contributed by atoms with Crippen LogP contribution in [0, 0.1) is 0 Å². The molecular formula is C13H14N2O3. The van der Waals surface area contributed by atoms with Crippen LogP contribution in [0.1, 0.15) is 0 Å². The van der Waals surface area contributed by atoms with Gasteiger partial charge in [0.25, 0.3) is 0 Å². The number of benzene rings is 1. The van der Waals surface area contributed by atoms with Gasteiger partial charge in [-0.2, -0.15) is 9.97 Å². The van der Waals surface area contributed by atoms with E-state index in [1.165, 1.54) is 7.11 Å². The van der Waals surface area contributed by atoms with Gasteiger partial charge in [0.15, 0.2) is 0 Å². The molecule has 5 heteroatoms. The quantitative estimate of drug-likeness (QED) is 0.827. The number of aromatic nitrogens is 2. The summed E-state index contributed by atoms with van der Waals surface area (Å²) in [5.74, 6) is 1.26. The zero-order chi connectivity index (χ0) is 13.0. The van der Waals surface area contributed by atoms with Crippen LogP contribution in [0.15, 0.2) is 30.3 Å². The molecule has 2 rings (SSSR count). The Bertz CT molecular complexity index is 504. The Morgan fingerprint density at radius 1 is 0.833 bits per heavy atom. The second kappa shape index (κ2) is 5.35. The molecule has 0 bridgehead atoms. The minimum atomic E-state index is 0.278. The molecule has 0 unspecified atom stereocenters. The largest absolute Gasteiger partial charge is 0.497 e. The number of hydrogen-bond acceptors (Lipinski definition) is 5. The van der Waals surface area contributed by atoms with E-state index in [0.717, 1.165) is 17.0 Å². The number of hydrogen-bond donors (Lipinski definition) is 0. The average molecular weight is 246 g/mol. The third-order valence-corrected chi connectivity index (χ3v) is 2.46. The van der Waals surface area contributed by atoms with Crippen molar-refractivity contribution in [2.75, 3.05) is 21.3 Å². The van der Waals surface area contributed by atoms with Gasteiger partial charge in [-0.05, 0) is 24.3 Å². The maximum atomic E-state index is 5.11. The molecule has 0 amide bonds. The molecule has 0 aliphatic rings. The summed E-state index contributed by atoms with van der Waals surface area (Å²) in [4.78, 5) is 8.32. The molecule has 0 fully saturated rings. The zero-order valence-corrected chi connectivity index (χ0v) is 10.5. The Labute approximate surface area is 105 Å². The predicted octanol–water partition coefficient (Wildman–Crippen LogP) is 2.17. The Morgan fingerprint density at radius 2 is 1.56 bits per heavy atom. The molecule has 5 nitrogen and oxygen atoms in total. The number of rotatable bonds is 4. The van der Waals surface area contributed by atoms with Crippen LogP contribution in [-0.4, -0.2) is 31.3 Å². The van der Waals surface area contributed by atoms with Crippen molar-refractivity contribution in [3.63, 3.8) is 0 Å². The Morgan fingerprint density at radius 3 is 2.11 bits per heavy atom. The molecule has 0 atom stereocenters. The molecule has 0 N–H and O–H groups in total. The van der Waals surface area contributed by atoms with Crippen molar-refractivity contribution in [1.82, 2.24) is 9.97 Å². The predicted molar refractivity (Wildman–Crippen MR) is 67.1 cm³/mol. The smallest absolute Gasteiger partial charge is 0.320 e. The highest BCUT2D eigenvalue weighted by atomic mass is 16.5. The van der Waals surface area contributed by atoms with Gasteiger partial charge < -0.3 is 14.2 Å². The van der Waals surface area contributed by atoms with Crippen LogP contribution in [0.2, 0.25) is 0 Å². The highest BCUT2D eigenvalue weighted by Crippen LogP contribution is 2.24. The van der Waals surface area contributed by atoms with Gasteiger partial charge in [0.2, 0.25) is 5.88 Å². The summed E-state index contributed by atoms with van der Waals surface area (Å²) in [6.45, 7) is 0. The van der Waals surface area contributed by atoms with Crippen LogP contribution in [0.25, 0.3) is 11.3 Å². The van der Waals surface area contributed by atoms with Gasteiger partial charge in [0.05, 0.1) is 27.0 Å². The average Bonchev–Trinajstić information content (AvgIpc) is 2.46. The van der Waals surface area contributed by atoms with Gasteiger partial charge in [-0.25, -0.2) is 0 Å². The zero-order valence-electron chi connectivity index (χ0n) is 10.5. The molecule has 0 saturated carbocycles. The van der Waals surface area contributed by atoms with Crippen LogP contribution in [0.5, 0.6) is 17.6 Å². The molecule has 2 aromatic rings. The van der Waals surface area contributed by atoms with Crippen molar-refractivity contribution in [3.8, 4) is 28.9 Å². The molecule has 0 saturated heterocycles. The van der Waals surface area contributed by atoms with E-state index in [4.69, 9.17) is 14.2 Å². The molecule has 0 radical (unpaired) electrons. The monoisotopic (exact) mass is 246 g/mol. The van der Waals surface area contributed by atoms with Crippen molar-refractivity contribution in [2.24, 2.45) is 0 Å². The Hall–Kier alpha value is -2.30. The van der Waals surface area contributed by atoms with Crippen molar-refractivity contribution >= 4 is 0 Å². The molecule has 0 aliphatic carbocycles. The van der Waals surface area contributed by atoms with Gasteiger partial charge in [-0.3, -0.25) is 0 Å². The SMILES string of the molecule is COc1ccc(-c2cc(OC)nc(OC)n2)cc1. The van der Waals surface area contributed by atoms with E-state index >= 15 is 0 Å². The second-order valence-corrected chi connectivity index (χ2v) is 3.51. The first-order valence-electron chi connectivity index (χ1n) is 5.38. The first-order valence-corrected chi connectivity index (χ1v) is 5.38. The van der Waals surface area contributed by atoms with E-state index in [1.807, 2.05) is 24.3 Å². The molecule has 0 spiro atoms. The first-order chi connectivity index (χ1) is 8.76. The summed E-state index contributed by atoms with van der Waals surface area (Å²) in [6, 6.07) is 9.61. The van der Waals surface area contributed by atoms with E-state index in [-0.39, 0.29) is 6.01 Å². The van der Waals surface area contributed by atoms with Gasteiger partial charge in [-0.15, -0.1) is 0 Å². The van der Waals surface area contributed by atoms with E-state index in [0.29, 0.717) is 5.88 Å². The van der Waals surface area contributed by atoms with E-state index in [2.05, 4.69) is 9.97 Å². The highest BCUT2D eigenvalue weighted by Gasteiger charge is 2.07. The standard InChI is InChI=1S/C13H14N2O3/c1-16-10-6-4-9(5-7-10)11-8-12(17-2)15-13(14-11)18-3/h4-8H,1-3H3. The van der Waals surface area contributed by atoms with Crippen LogP contribution in [0.4, 0.5) is 0 Å². The fourth-order valence-electron chi connectivity index (χ4n) is 1.51. The number of nitrogens with zero attached hydrogens (tertiary/aromatic N) is 2.